The molecule has 2 saturated carbocycles. The summed E-state index contributed by atoms with van der Waals surface area (Å²) in [6.45, 7) is 1.98. The number of aliphatic hydroxyl groups is 1. The van der Waals surface area contributed by atoms with E-state index in [1.54, 1.807) is 0 Å². The van der Waals surface area contributed by atoms with Crippen molar-refractivity contribution in [2.75, 3.05) is 13.1 Å². The van der Waals surface area contributed by atoms with Crippen LogP contribution in [0.2, 0.25) is 0 Å². The highest BCUT2D eigenvalue weighted by atomic mass is 16.3. The average Bonchev–Trinajstić information content (AvgIpc) is 3.25. The van der Waals surface area contributed by atoms with E-state index >= 15 is 0 Å². The number of benzene rings is 2. The number of hydrogen-bond acceptors (Lipinski definition) is 4. The van der Waals surface area contributed by atoms with Crippen LogP contribution in [0.1, 0.15) is 43.2 Å². The van der Waals surface area contributed by atoms with Crippen LogP contribution in [0.25, 0.3) is 0 Å². The van der Waals surface area contributed by atoms with E-state index < -0.39 is 5.60 Å². The van der Waals surface area contributed by atoms with Gasteiger partial charge in [0.1, 0.15) is 0 Å². The molecule has 3 unspecified atom stereocenters. The Labute approximate surface area is 196 Å². The molecule has 2 aromatic rings. The minimum Gasteiger partial charge on any atom is -0.375 e. The Morgan fingerprint density at radius 3 is 2.09 bits per heavy atom. The van der Waals surface area contributed by atoms with E-state index in [-0.39, 0.29) is 23.8 Å². The summed E-state index contributed by atoms with van der Waals surface area (Å²) < 4.78 is 0. The summed E-state index contributed by atoms with van der Waals surface area (Å²) in [5.41, 5.74) is 5.31. The lowest BCUT2D eigenvalue weighted by atomic mass is 9.73. The van der Waals surface area contributed by atoms with E-state index in [1.165, 1.54) is 6.42 Å². The Morgan fingerprint density at radius 2 is 1.52 bits per heavy atom. The van der Waals surface area contributed by atoms with Crippen LogP contribution >= 0.6 is 0 Å². The summed E-state index contributed by atoms with van der Waals surface area (Å²) in [7, 11) is 0. The average molecular weight is 450 g/mol. The standard InChI is InChI=1S/C19H26N2O2.C8H9NO/c22-18(21-17-15-11-20-12-16(15)17)19(23,13-7-3-1-4-8-13)14-9-5-2-6-10-14;9-8(10)6-7-4-2-1-3-5-7/h1,3-4,7-8,14-17,20,23H,2,5-6,9-12H2,(H,21,22);1-5H,6H2,(H2,9,10)/t15-,16?,17?,19?;/m0./s1. The van der Waals surface area contributed by atoms with Crippen molar-refractivity contribution in [2.45, 2.75) is 50.2 Å². The first-order chi connectivity index (χ1) is 16.0. The first kappa shape index (κ1) is 23.5. The predicted octanol–water partition coefficient (Wildman–Crippen LogP) is 2.50. The lowest BCUT2D eigenvalue weighted by Gasteiger charge is -2.37. The molecular weight excluding hydrogens is 414 g/mol. The van der Waals surface area contributed by atoms with Crippen molar-refractivity contribution in [1.82, 2.24) is 10.6 Å². The van der Waals surface area contributed by atoms with Gasteiger partial charge in [-0.3, -0.25) is 9.59 Å². The highest BCUT2D eigenvalue weighted by molar-refractivity contribution is 5.87. The van der Waals surface area contributed by atoms with Crippen LogP contribution in [0.4, 0.5) is 0 Å². The van der Waals surface area contributed by atoms with Gasteiger partial charge in [0.25, 0.3) is 5.91 Å². The second-order valence-corrected chi connectivity index (χ2v) is 9.58. The lowest BCUT2D eigenvalue weighted by Crippen LogP contribution is -2.51. The van der Waals surface area contributed by atoms with E-state index in [4.69, 9.17) is 5.73 Å². The van der Waals surface area contributed by atoms with Crippen LogP contribution in [0.3, 0.4) is 0 Å². The molecule has 2 aromatic carbocycles. The largest absolute Gasteiger partial charge is 0.375 e. The molecule has 33 heavy (non-hydrogen) atoms. The smallest absolute Gasteiger partial charge is 0.257 e. The molecule has 5 rings (SSSR count). The van der Waals surface area contributed by atoms with Gasteiger partial charge < -0.3 is 21.5 Å². The van der Waals surface area contributed by atoms with E-state index in [0.717, 1.165) is 49.9 Å². The Kier molecular flexibility index (Phi) is 7.46. The molecule has 1 saturated heterocycles. The normalized spacial score (nSPS) is 25.7. The Balaban J connectivity index is 0.000000219. The first-order valence-electron chi connectivity index (χ1n) is 12.1. The minimum absolute atomic E-state index is 0.0235. The summed E-state index contributed by atoms with van der Waals surface area (Å²) in [4.78, 5) is 23.5. The van der Waals surface area contributed by atoms with E-state index in [2.05, 4.69) is 10.6 Å². The first-order valence-corrected chi connectivity index (χ1v) is 12.1. The van der Waals surface area contributed by atoms with Crippen LogP contribution < -0.4 is 16.4 Å². The van der Waals surface area contributed by atoms with E-state index in [9.17, 15) is 14.7 Å². The Hall–Kier alpha value is -2.70. The van der Waals surface area contributed by atoms with Crippen LogP contribution in [0, 0.1) is 17.8 Å². The molecule has 6 heteroatoms. The van der Waals surface area contributed by atoms with Crippen molar-refractivity contribution >= 4 is 11.8 Å². The van der Waals surface area contributed by atoms with Gasteiger partial charge in [-0.2, -0.15) is 0 Å². The molecule has 2 amide bonds. The molecule has 4 atom stereocenters. The van der Waals surface area contributed by atoms with Crippen molar-refractivity contribution in [3.63, 3.8) is 0 Å². The van der Waals surface area contributed by atoms with Crippen molar-refractivity contribution in [3.8, 4) is 0 Å². The Morgan fingerprint density at radius 1 is 0.939 bits per heavy atom. The van der Waals surface area contributed by atoms with Gasteiger partial charge in [0.05, 0.1) is 6.42 Å². The summed E-state index contributed by atoms with van der Waals surface area (Å²) in [5.74, 6) is 0.673. The molecule has 1 aliphatic heterocycles. The molecule has 0 bridgehead atoms. The van der Waals surface area contributed by atoms with Crippen LogP contribution in [0.15, 0.2) is 60.7 Å². The summed E-state index contributed by atoms with van der Waals surface area (Å²) in [5, 5.41) is 18.0. The van der Waals surface area contributed by atoms with Crippen LogP contribution in [0.5, 0.6) is 0 Å². The third-order valence-corrected chi connectivity index (χ3v) is 7.37. The molecule has 0 radical (unpaired) electrons. The SMILES string of the molecule is NC(=O)Cc1ccccc1.O=C(NC1C2CNC[C@@H]21)C(O)(c1ccccc1)C1CCCCC1. The zero-order valence-corrected chi connectivity index (χ0v) is 19.1. The second-order valence-electron chi connectivity index (χ2n) is 9.58. The maximum Gasteiger partial charge on any atom is 0.257 e. The topological polar surface area (TPSA) is 104 Å². The molecule has 3 fully saturated rings. The summed E-state index contributed by atoms with van der Waals surface area (Å²) >= 11 is 0. The molecule has 3 aliphatic rings. The minimum atomic E-state index is -1.38. The number of fused-ring (bicyclic) bond motifs is 1. The zero-order valence-electron chi connectivity index (χ0n) is 19.1. The number of amides is 2. The van der Waals surface area contributed by atoms with Crippen LogP contribution in [-0.4, -0.2) is 36.1 Å². The molecule has 176 valence electrons. The quantitative estimate of drug-likeness (QED) is 0.544. The van der Waals surface area contributed by atoms with Gasteiger partial charge in [-0.1, -0.05) is 79.9 Å². The van der Waals surface area contributed by atoms with Gasteiger partial charge in [0.2, 0.25) is 5.91 Å². The monoisotopic (exact) mass is 449 g/mol. The van der Waals surface area contributed by atoms with Gasteiger partial charge in [0, 0.05) is 25.0 Å². The van der Waals surface area contributed by atoms with Crippen LogP contribution in [-0.2, 0) is 21.6 Å². The third kappa shape index (κ3) is 5.45. The number of carbonyl (C=O) groups excluding carboxylic acids is 2. The van der Waals surface area contributed by atoms with Gasteiger partial charge in [-0.05, 0) is 35.8 Å². The molecular formula is C27H35N3O3. The molecule has 0 spiro atoms. The number of hydrogen-bond donors (Lipinski definition) is 4. The maximum atomic E-state index is 13.1. The number of carbonyl (C=O) groups is 2. The molecule has 5 N–H and O–H groups in total. The number of nitrogens with one attached hydrogen (secondary N) is 2. The summed E-state index contributed by atoms with van der Waals surface area (Å²) in [6.07, 6.45) is 5.61. The third-order valence-electron chi connectivity index (χ3n) is 7.37. The Bertz CT molecular complexity index is 920. The van der Waals surface area contributed by atoms with Crippen molar-refractivity contribution in [3.05, 3.63) is 71.8 Å². The van der Waals surface area contributed by atoms with Crippen molar-refractivity contribution < 1.29 is 14.7 Å². The highest BCUT2D eigenvalue weighted by Crippen LogP contribution is 2.44. The second kappa shape index (κ2) is 10.5. The number of nitrogens with two attached hydrogens (primary N) is 1. The number of rotatable bonds is 6. The fourth-order valence-corrected chi connectivity index (χ4v) is 5.46. The molecule has 0 aromatic heterocycles. The molecule has 1 heterocycles. The van der Waals surface area contributed by atoms with Gasteiger partial charge in [-0.15, -0.1) is 0 Å². The fraction of sp³-hybridized carbons (Fsp3) is 0.481. The van der Waals surface area contributed by atoms with Crippen molar-refractivity contribution in [2.24, 2.45) is 23.5 Å². The van der Waals surface area contributed by atoms with Gasteiger partial charge in [0.15, 0.2) is 5.60 Å². The zero-order chi connectivity index (χ0) is 23.3. The summed E-state index contributed by atoms with van der Waals surface area (Å²) in [6, 6.07) is 19.2. The maximum absolute atomic E-state index is 13.1. The van der Waals surface area contributed by atoms with E-state index in [0.29, 0.717) is 18.3 Å². The fourth-order valence-electron chi connectivity index (χ4n) is 5.46. The van der Waals surface area contributed by atoms with Gasteiger partial charge >= 0.3 is 0 Å². The number of piperidine rings is 1. The van der Waals surface area contributed by atoms with Gasteiger partial charge in [-0.25, -0.2) is 0 Å². The highest BCUT2D eigenvalue weighted by Gasteiger charge is 2.56. The molecule has 6 nitrogen and oxygen atoms in total. The number of primary amides is 1. The van der Waals surface area contributed by atoms with E-state index in [1.807, 2.05) is 60.7 Å². The predicted molar refractivity (Wildman–Crippen MR) is 128 cm³/mol. The van der Waals surface area contributed by atoms with Crippen molar-refractivity contribution in [1.29, 1.82) is 0 Å². The lowest BCUT2D eigenvalue weighted by molar-refractivity contribution is -0.149. The molecule has 2 aliphatic carbocycles.